The molecule has 2 heteroatoms. The fraction of sp³-hybridized carbons (Fsp3) is 0.545. The number of ether oxygens (including phenoxy) is 1. The van der Waals surface area contributed by atoms with Gasteiger partial charge in [0.1, 0.15) is 6.61 Å². The number of esters is 1. The van der Waals surface area contributed by atoms with E-state index in [0.717, 1.165) is 6.42 Å². The molecule has 0 heterocycles. The molecule has 13 heavy (non-hydrogen) atoms. The third kappa shape index (κ3) is 4.51. The number of hydrogen-bond donors (Lipinski definition) is 0. The average Bonchev–Trinajstić information content (AvgIpc) is 2.55. The number of allylic oxidation sites excluding steroid dienone is 3. The Balaban J connectivity index is 2.07. The smallest absolute Gasteiger partial charge is 0.302 e. The van der Waals surface area contributed by atoms with Gasteiger partial charge < -0.3 is 4.74 Å². The minimum absolute atomic E-state index is 0.218. The van der Waals surface area contributed by atoms with Crippen LogP contribution in [-0.4, -0.2) is 12.6 Å². The van der Waals surface area contributed by atoms with Crippen LogP contribution in [0.15, 0.2) is 23.8 Å². The van der Waals surface area contributed by atoms with Crippen molar-refractivity contribution in [1.82, 2.24) is 0 Å². The summed E-state index contributed by atoms with van der Waals surface area (Å²) in [6.07, 6.45) is 11.1. The van der Waals surface area contributed by atoms with Crippen molar-refractivity contribution in [2.75, 3.05) is 6.61 Å². The normalized spacial score (nSPS) is 16.2. The zero-order chi connectivity index (χ0) is 9.52. The molecule has 72 valence electrons. The molecule has 0 bridgehead atoms. The van der Waals surface area contributed by atoms with E-state index >= 15 is 0 Å². The van der Waals surface area contributed by atoms with Crippen LogP contribution >= 0.6 is 0 Å². The monoisotopic (exact) mass is 180 g/mol. The first-order valence-electron chi connectivity index (χ1n) is 4.75. The fourth-order valence-corrected chi connectivity index (χ4v) is 1.39. The van der Waals surface area contributed by atoms with Crippen LogP contribution in [0, 0.1) is 0 Å². The van der Waals surface area contributed by atoms with Crippen molar-refractivity contribution >= 4 is 5.97 Å². The summed E-state index contributed by atoms with van der Waals surface area (Å²) in [5, 5.41) is 0. The molecule has 1 rings (SSSR count). The lowest BCUT2D eigenvalue weighted by Crippen LogP contribution is -1.97. The van der Waals surface area contributed by atoms with Crippen LogP contribution in [0.25, 0.3) is 0 Å². The molecular formula is C11H16O2. The molecule has 0 aromatic rings. The average molecular weight is 180 g/mol. The predicted molar refractivity (Wildman–Crippen MR) is 52.3 cm³/mol. The molecular weight excluding hydrogens is 164 g/mol. The van der Waals surface area contributed by atoms with Crippen molar-refractivity contribution in [1.29, 1.82) is 0 Å². The molecule has 1 aliphatic rings. The standard InChI is InChI=1S/C11H16O2/c1-10(12)13-9-5-4-8-11-6-2-3-7-11/h4-6H,2-3,7-9H2,1H3/b5-4-. The van der Waals surface area contributed by atoms with Crippen LogP contribution in [0.5, 0.6) is 0 Å². The summed E-state index contributed by atoms with van der Waals surface area (Å²) in [6, 6.07) is 0. The van der Waals surface area contributed by atoms with Crippen molar-refractivity contribution in [2.45, 2.75) is 32.6 Å². The van der Waals surface area contributed by atoms with E-state index in [1.54, 1.807) is 0 Å². The lowest BCUT2D eigenvalue weighted by Gasteiger charge is -1.96. The fourth-order valence-electron chi connectivity index (χ4n) is 1.39. The van der Waals surface area contributed by atoms with E-state index in [1.807, 2.05) is 6.08 Å². The minimum atomic E-state index is -0.218. The molecule has 0 fully saturated rings. The van der Waals surface area contributed by atoms with Gasteiger partial charge in [0, 0.05) is 6.92 Å². The van der Waals surface area contributed by atoms with Gasteiger partial charge in [0.2, 0.25) is 0 Å². The maximum absolute atomic E-state index is 10.4. The number of carbonyl (C=O) groups excluding carboxylic acids is 1. The SMILES string of the molecule is CC(=O)OC/C=C\CC1=CCCC1. The van der Waals surface area contributed by atoms with Gasteiger partial charge >= 0.3 is 5.97 Å². The van der Waals surface area contributed by atoms with Gasteiger partial charge in [0.15, 0.2) is 0 Å². The summed E-state index contributed by atoms with van der Waals surface area (Å²) in [4.78, 5) is 10.4. The lowest BCUT2D eigenvalue weighted by atomic mass is 10.1. The first-order valence-corrected chi connectivity index (χ1v) is 4.75. The van der Waals surface area contributed by atoms with Crippen molar-refractivity contribution < 1.29 is 9.53 Å². The van der Waals surface area contributed by atoms with Crippen molar-refractivity contribution in [2.24, 2.45) is 0 Å². The molecule has 0 aromatic carbocycles. The van der Waals surface area contributed by atoms with Crippen LogP contribution in [0.2, 0.25) is 0 Å². The quantitative estimate of drug-likeness (QED) is 0.491. The summed E-state index contributed by atoms with van der Waals surface area (Å²) in [5.41, 5.74) is 1.51. The number of rotatable bonds is 4. The third-order valence-corrected chi connectivity index (χ3v) is 2.06. The molecule has 0 unspecified atom stereocenters. The predicted octanol–water partition coefficient (Wildman–Crippen LogP) is 2.61. The minimum Gasteiger partial charge on any atom is -0.462 e. The van der Waals surface area contributed by atoms with Crippen LogP contribution in [0.3, 0.4) is 0 Å². The van der Waals surface area contributed by atoms with E-state index in [0.29, 0.717) is 6.61 Å². The van der Waals surface area contributed by atoms with Crippen LogP contribution in [0.1, 0.15) is 32.6 Å². The van der Waals surface area contributed by atoms with Crippen LogP contribution in [0.4, 0.5) is 0 Å². The second-order valence-corrected chi connectivity index (χ2v) is 3.23. The van der Waals surface area contributed by atoms with Gasteiger partial charge in [-0.3, -0.25) is 4.79 Å². The Bertz CT molecular complexity index is 226. The topological polar surface area (TPSA) is 26.3 Å². The van der Waals surface area contributed by atoms with E-state index in [9.17, 15) is 4.79 Å². The largest absolute Gasteiger partial charge is 0.462 e. The summed E-state index contributed by atoms with van der Waals surface area (Å²) < 4.78 is 4.76. The Kier molecular flexibility index (Phi) is 4.30. The molecule has 0 N–H and O–H groups in total. The first kappa shape index (κ1) is 10.0. The lowest BCUT2D eigenvalue weighted by molar-refractivity contribution is -0.139. The van der Waals surface area contributed by atoms with Gasteiger partial charge in [-0.05, 0) is 25.7 Å². The van der Waals surface area contributed by atoms with E-state index in [2.05, 4.69) is 12.2 Å². The summed E-state index contributed by atoms with van der Waals surface area (Å²) in [5.74, 6) is -0.218. The van der Waals surface area contributed by atoms with Gasteiger partial charge in [-0.25, -0.2) is 0 Å². The maximum Gasteiger partial charge on any atom is 0.302 e. The molecule has 2 nitrogen and oxygen atoms in total. The van der Waals surface area contributed by atoms with E-state index < -0.39 is 0 Å². The Morgan fingerprint density at radius 3 is 3.08 bits per heavy atom. The van der Waals surface area contributed by atoms with Crippen molar-refractivity contribution in [3.05, 3.63) is 23.8 Å². The molecule has 0 saturated heterocycles. The first-order chi connectivity index (χ1) is 6.29. The van der Waals surface area contributed by atoms with Gasteiger partial charge in [-0.1, -0.05) is 23.8 Å². The summed E-state index contributed by atoms with van der Waals surface area (Å²) in [6.45, 7) is 1.83. The van der Waals surface area contributed by atoms with Gasteiger partial charge in [-0.2, -0.15) is 0 Å². The van der Waals surface area contributed by atoms with E-state index in [-0.39, 0.29) is 5.97 Å². The molecule has 0 spiro atoms. The third-order valence-electron chi connectivity index (χ3n) is 2.06. The highest BCUT2D eigenvalue weighted by atomic mass is 16.5. The molecule has 0 aliphatic heterocycles. The zero-order valence-electron chi connectivity index (χ0n) is 8.08. The second kappa shape index (κ2) is 5.57. The van der Waals surface area contributed by atoms with E-state index in [1.165, 1.54) is 31.8 Å². The highest BCUT2D eigenvalue weighted by Gasteiger charge is 2.01. The van der Waals surface area contributed by atoms with Crippen LogP contribution < -0.4 is 0 Å². The molecule has 0 amide bonds. The summed E-state index contributed by atoms with van der Waals surface area (Å²) in [7, 11) is 0. The number of carbonyl (C=O) groups is 1. The second-order valence-electron chi connectivity index (χ2n) is 3.23. The summed E-state index contributed by atoms with van der Waals surface area (Å²) >= 11 is 0. The number of hydrogen-bond acceptors (Lipinski definition) is 2. The van der Waals surface area contributed by atoms with Gasteiger partial charge in [0.05, 0.1) is 0 Å². The highest BCUT2D eigenvalue weighted by molar-refractivity contribution is 5.65. The Hall–Kier alpha value is -1.05. The molecule has 1 aliphatic carbocycles. The molecule has 0 radical (unpaired) electrons. The van der Waals surface area contributed by atoms with Crippen LogP contribution in [-0.2, 0) is 9.53 Å². The highest BCUT2D eigenvalue weighted by Crippen LogP contribution is 2.20. The van der Waals surface area contributed by atoms with Crippen molar-refractivity contribution in [3.8, 4) is 0 Å². The van der Waals surface area contributed by atoms with Gasteiger partial charge in [-0.15, -0.1) is 0 Å². The zero-order valence-corrected chi connectivity index (χ0v) is 8.08. The van der Waals surface area contributed by atoms with Gasteiger partial charge in [0.25, 0.3) is 0 Å². The molecule has 0 atom stereocenters. The molecule has 0 aromatic heterocycles. The maximum atomic E-state index is 10.4. The molecule has 0 saturated carbocycles. The Morgan fingerprint density at radius 2 is 2.46 bits per heavy atom. The Morgan fingerprint density at radius 1 is 1.62 bits per heavy atom. The van der Waals surface area contributed by atoms with Crippen molar-refractivity contribution in [3.63, 3.8) is 0 Å². The van der Waals surface area contributed by atoms with E-state index in [4.69, 9.17) is 4.74 Å². The Labute approximate surface area is 79.3 Å².